The molecular formula is C44H58N4O5S. The molecule has 0 saturated heterocycles. The van der Waals surface area contributed by atoms with Gasteiger partial charge in [0.15, 0.2) is 10.4 Å². The summed E-state index contributed by atoms with van der Waals surface area (Å²) in [4.78, 5) is 30.1. The van der Waals surface area contributed by atoms with Crippen LogP contribution in [0, 0.1) is 69.0 Å². The minimum atomic E-state index is -1.16. The van der Waals surface area contributed by atoms with Crippen LogP contribution in [0.1, 0.15) is 109 Å². The molecule has 6 rings (SSSR count). The maximum absolute atomic E-state index is 13.4. The minimum Gasteiger partial charge on any atom is -0.465 e. The summed E-state index contributed by atoms with van der Waals surface area (Å²) in [7, 11) is 1.74. The van der Waals surface area contributed by atoms with E-state index in [0.717, 1.165) is 66.1 Å². The summed E-state index contributed by atoms with van der Waals surface area (Å²) in [6.07, 6.45) is 4.96. The zero-order chi connectivity index (χ0) is 38.9. The lowest BCUT2D eigenvalue weighted by Crippen LogP contribution is -2.59. The Bertz CT molecular complexity index is 1840. The molecule has 2 spiro atoms. The number of hydrogen-bond acceptors (Lipinski definition) is 9. The van der Waals surface area contributed by atoms with Crippen LogP contribution in [0.15, 0.2) is 36.4 Å². The largest absolute Gasteiger partial charge is 0.465 e. The number of carbonyl (C=O) groups is 2. The van der Waals surface area contributed by atoms with Crippen LogP contribution in [-0.2, 0) is 46.9 Å². The Morgan fingerprint density at radius 2 is 1.39 bits per heavy atom. The van der Waals surface area contributed by atoms with Crippen LogP contribution < -0.4 is 5.73 Å². The predicted octanol–water partition coefficient (Wildman–Crippen LogP) is 8.99. The molecule has 4 unspecified atom stereocenters. The molecule has 2 saturated carbocycles. The molecule has 4 aliphatic carbocycles. The Balaban J connectivity index is 0.000000238. The summed E-state index contributed by atoms with van der Waals surface area (Å²) in [5, 5.41) is 21.3. The number of nitrogens with zero attached hydrogens (tertiary/aromatic N) is 3. The topological polar surface area (TPSA) is 140 Å². The van der Waals surface area contributed by atoms with E-state index in [-0.39, 0.29) is 49.3 Å². The van der Waals surface area contributed by atoms with Gasteiger partial charge in [-0.2, -0.15) is 10.5 Å². The third-order valence-corrected chi connectivity index (χ3v) is 14.5. The van der Waals surface area contributed by atoms with Gasteiger partial charge in [0.05, 0.1) is 37.5 Å². The van der Waals surface area contributed by atoms with E-state index in [1.54, 1.807) is 32.2 Å². The Morgan fingerprint density at radius 1 is 0.852 bits per heavy atom. The zero-order valence-corrected chi connectivity index (χ0v) is 33.3. The van der Waals surface area contributed by atoms with Gasteiger partial charge in [0.25, 0.3) is 0 Å². The van der Waals surface area contributed by atoms with Crippen LogP contribution >= 0.6 is 11.8 Å². The number of rotatable bonds is 6. The number of hydrogen-bond donors (Lipinski definition) is 1. The van der Waals surface area contributed by atoms with Gasteiger partial charge in [-0.05, 0) is 128 Å². The van der Waals surface area contributed by atoms with E-state index in [1.807, 2.05) is 25.1 Å². The summed E-state index contributed by atoms with van der Waals surface area (Å²) in [6.45, 7) is 22.6. The summed E-state index contributed by atoms with van der Waals surface area (Å²) in [5.41, 5.74) is 9.71. The monoisotopic (exact) mass is 754 g/mol. The van der Waals surface area contributed by atoms with Crippen LogP contribution in [0.4, 0.5) is 5.69 Å². The third-order valence-electron chi connectivity index (χ3n) is 13.3. The van der Waals surface area contributed by atoms with Gasteiger partial charge < -0.3 is 19.9 Å². The minimum absolute atomic E-state index is 0. The van der Waals surface area contributed by atoms with Crippen LogP contribution in [-0.4, -0.2) is 38.4 Å². The van der Waals surface area contributed by atoms with Gasteiger partial charge in [0, 0.05) is 17.9 Å². The summed E-state index contributed by atoms with van der Waals surface area (Å²) >= 11 is 0.995. The number of esters is 2. The number of methoxy groups -OCH3 is 1. The van der Waals surface area contributed by atoms with Gasteiger partial charge in [-0.25, -0.2) is 9.64 Å². The van der Waals surface area contributed by atoms with Gasteiger partial charge in [-0.3, -0.25) is 4.79 Å². The Kier molecular flexibility index (Phi) is 13.1. The Morgan fingerprint density at radius 3 is 1.93 bits per heavy atom. The highest BCUT2D eigenvalue weighted by Crippen LogP contribution is 2.66. The van der Waals surface area contributed by atoms with E-state index in [4.69, 9.17) is 26.5 Å². The molecule has 0 aliphatic heterocycles. The van der Waals surface area contributed by atoms with Crippen molar-refractivity contribution in [2.45, 2.75) is 111 Å². The van der Waals surface area contributed by atoms with E-state index in [0.29, 0.717) is 42.0 Å². The summed E-state index contributed by atoms with van der Waals surface area (Å²) < 4.78 is 15.6. The molecule has 9 nitrogen and oxygen atoms in total. The molecular weight excluding hydrogens is 697 g/mol. The number of carbonyl (C=O) groups excluding carboxylic acids is 2. The van der Waals surface area contributed by atoms with Crippen molar-refractivity contribution in [1.82, 2.24) is 0 Å². The first-order valence-electron chi connectivity index (χ1n) is 19.0. The SMILES string of the molecule is C.CCOC(=O)[C@]1(SC#N)c2cc(C#N)ccc2CC12C[C@@H](C)C(OC)[C@@H](C)C2.[C-]#[N+]c1ccc2c(c1)[C@@](N)(C(=O)OCC)C1(C2)C[C@@H](C)C(C)[C@@H](C)C1. The molecule has 2 fully saturated rings. The van der Waals surface area contributed by atoms with Crippen molar-refractivity contribution in [3.8, 4) is 11.5 Å². The fraction of sp³-hybridized carbons (Fsp3) is 0.614. The van der Waals surface area contributed by atoms with Gasteiger partial charge in [0.2, 0.25) is 0 Å². The first kappa shape index (κ1) is 42.9. The average Bonchev–Trinajstić information content (AvgIpc) is 3.52. The summed E-state index contributed by atoms with van der Waals surface area (Å²) in [5.74, 6) is 1.37. The number of benzene rings is 2. The zero-order valence-electron chi connectivity index (χ0n) is 32.5. The maximum Gasteiger partial charge on any atom is 0.331 e. The lowest BCUT2D eigenvalue weighted by molar-refractivity contribution is -0.159. The molecule has 0 radical (unpaired) electrons. The number of thioether (sulfide) groups is 1. The molecule has 0 amide bonds. The fourth-order valence-corrected chi connectivity index (χ4v) is 12.0. The van der Waals surface area contributed by atoms with Crippen LogP contribution in [0.3, 0.4) is 0 Å². The van der Waals surface area contributed by atoms with Crippen molar-refractivity contribution < 1.29 is 23.8 Å². The second-order valence-corrected chi connectivity index (χ2v) is 17.3. The Labute approximate surface area is 327 Å². The quantitative estimate of drug-likeness (QED) is 0.174. The van der Waals surface area contributed by atoms with Crippen LogP contribution in [0.25, 0.3) is 4.85 Å². The van der Waals surface area contributed by atoms with E-state index < -0.39 is 15.7 Å². The molecule has 0 bridgehead atoms. The van der Waals surface area contributed by atoms with E-state index >= 15 is 0 Å². The molecule has 10 atom stereocenters. The average molecular weight is 755 g/mol. The molecule has 290 valence electrons. The summed E-state index contributed by atoms with van der Waals surface area (Å²) in [6, 6.07) is 13.3. The molecule has 0 heterocycles. The maximum atomic E-state index is 13.4. The van der Waals surface area contributed by atoms with E-state index in [9.17, 15) is 20.1 Å². The predicted molar refractivity (Wildman–Crippen MR) is 212 cm³/mol. The molecule has 2 N–H and O–H groups in total. The van der Waals surface area contributed by atoms with E-state index in [2.05, 4.69) is 50.9 Å². The second kappa shape index (κ2) is 16.5. The first-order valence-corrected chi connectivity index (χ1v) is 19.8. The van der Waals surface area contributed by atoms with E-state index in [1.165, 1.54) is 0 Å². The molecule has 2 aromatic rings. The lowest BCUT2D eigenvalue weighted by atomic mass is 9.55. The lowest BCUT2D eigenvalue weighted by Gasteiger charge is -2.51. The molecule has 54 heavy (non-hydrogen) atoms. The van der Waals surface area contributed by atoms with Crippen molar-refractivity contribution in [3.63, 3.8) is 0 Å². The first-order chi connectivity index (χ1) is 25.2. The molecule has 4 aliphatic rings. The molecule has 0 aromatic heterocycles. The van der Waals surface area contributed by atoms with Gasteiger partial charge >= 0.3 is 11.9 Å². The van der Waals surface area contributed by atoms with Crippen LogP contribution in [0.2, 0.25) is 0 Å². The smallest absolute Gasteiger partial charge is 0.331 e. The number of fused-ring (bicyclic) bond motifs is 2. The van der Waals surface area contributed by atoms with Crippen molar-refractivity contribution in [2.75, 3.05) is 20.3 Å². The van der Waals surface area contributed by atoms with Crippen molar-refractivity contribution >= 4 is 29.4 Å². The van der Waals surface area contributed by atoms with Crippen molar-refractivity contribution in [3.05, 3.63) is 75.6 Å². The van der Waals surface area contributed by atoms with Gasteiger partial charge in [0.1, 0.15) is 10.9 Å². The molecule has 2 aromatic carbocycles. The van der Waals surface area contributed by atoms with Gasteiger partial charge in [-0.15, -0.1) is 0 Å². The third kappa shape index (κ3) is 6.72. The van der Waals surface area contributed by atoms with Gasteiger partial charge in [-0.1, -0.05) is 66.3 Å². The number of nitrogens with two attached hydrogens (primary N) is 1. The Hall–Kier alpha value is -3.88. The van der Waals surface area contributed by atoms with Crippen molar-refractivity contribution in [2.24, 2.45) is 46.2 Å². The highest BCUT2D eigenvalue weighted by Gasteiger charge is 2.67. The van der Waals surface area contributed by atoms with Crippen molar-refractivity contribution in [1.29, 1.82) is 10.5 Å². The number of thiocyanates is 1. The number of ether oxygens (including phenoxy) is 3. The fourth-order valence-electron chi connectivity index (χ4n) is 11.0. The second-order valence-electron chi connectivity index (χ2n) is 16.3. The highest BCUT2D eigenvalue weighted by atomic mass is 32.2. The highest BCUT2D eigenvalue weighted by molar-refractivity contribution is 8.05. The standard InChI is InChI=1S/C22H26N2O3S.C21H28N2O2.CH4/c1-5-27-20(25)22(28-13-24)18-8-16(12-23)6-7-17(18)11-21(22)9-14(2)19(26-4)15(3)10-21;1-6-25-19(24)21(22)18-9-17(23-5)8-7-16(18)12-20(21)10-13(2)15(4)14(3)11-20;/h6-8,14-15,19H,5,9-11H2,1-4H3;7-9,13-15H,6,10-12,22H2,1-4H3;1H4/t14-,15+,19?,21?,22-;13-,14+,15?,20?,21-;/m11./s1. The molecule has 10 heteroatoms. The number of nitriles is 2. The van der Waals surface area contributed by atoms with Crippen LogP contribution in [0.5, 0.6) is 0 Å². The normalized spacial score (nSPS) is 34.5.